The van der Waals surface area contributed by atoms with E-state index in [4.69, 9.17) is 0 Å². The van der Waals surface area contributed by atoms with E-state index in [0.29, 0.717) is 0 Å². The van der Waals surface area contributed by atoms with Crippen molar-refractivity contribution < 1.29 is 9.59 Å². The molecule has 0 aliphatic carbocycles. The second kappa shape index (κ2) is 5.69. The van der Waals surface area contributed by atoms with Gasteiger partial charge in [-0.1, -0.05) is 0 Å². The molecular formula is C13H23N3O2. The normalized spacial score (nSPS) is 26.2. The fourth-order valence-electron chi connectivity index (χ4n) is 2.91. The van der Waals surface area contributed by atoms with Crippen molar-refractivity contribution in [2.24, 2.45) is 0 Å². The fourth-order valence-corrected chi connectivity index (χ4v) is 2.91. The molecule has 1 atom stereocenters. The Balaban J connectivity index is 2.07. The molecule has 0 aromatic heterocycles. The van der Waals surface area contributed by atoms with Crippen molar-refractivity contribution in [2.45, 2.75) is 45.1 Å². The zero-order valence-electron chi connectivity index (χ0n) is 11.4. The molecule has 1 unspecified atom stereocenters. The summed E-state index contributed by atoms with van der Waals surface area (Å²) in [5.74, 6) is 0.125. The molecule has 2 rings (SSSR count). The lowest BCUT2D eigenvalue weighted by Gasteiger charge is -2.42. The van der Waals surface area contributed by atoms with Crippen LogP contribution in [-0.2, 0) is 9.59 Å². The number of carbonyl (C=O) groups excluding carboxylic acids is 2. The minimum absolute atomic E-state index is 0.0210. The molecule has 2 fully saturated rings. The van der Waals surface area contributed by atoms with E-state index in [1.807, 2.05) is 17.1 Å². The maximum atomic E-state index is 12.6. The Labute approximate surface area is 109 Å². The zero-order valence-corrected chi connectivity index (χ0v) is 11.4. The number of hydrogen-bond donors (Lipinski definition) is 0. The summed E-state index contributed by atoms with van der Waals surface area (Å²) < 4.78 is 0. The number of hydrazine groups is 1. The Hall–Kier alpha value is -1.10. The van der Waals surface area contributed by atoms with Crippen molar-refractivity contribution in [3.63, 3.8) is 0 Å². The van der Waals surface area contributed by atoms with Crippen molar-refractivity contribution in [1.82, 2.24) is 14.9 Å². The van der Waals surface area contributed by atoms with Gasteiger partial charge in [-0.2, -0.15) is 0 Å². The van der Waals surface area contributed by atoms with Crippen LogP contribution in [0.1, 0.15) is 39.0 Å². The summed E-state index contributed by atoms with van der Waals surface area (Å²) in [7, 11) is 1.96. The first-order chi connectivity index (χ1) is 8.61. The van der Waals surface area contributed by atoms with Gasteiger partial charge in [0.2, 0.25) is 5.91 Å². The maximum absolute atomic E-state index is 12.6. The molecule has 0 aromatic rings. The van der Waals surface area contributed by atoms with Gasteiger partial charge in [0.15, 0.2) is 0 Å². The highest BCUT2D eigenvalue weighted by atomic mass is 16.2. The van der Waals surface area contributed by atoms with E-state index in [1.54, 1.807) is 11.8 Å². The van der Waals surface area contributed by atoms with E-state index in [1.165, 1.54) is 0 Å². The van der Waals surface area contributed by atoms with Gasteiger partial charge < -0.3 is 4.90 Å². The predicted octanol–water partition coefficient (Wildman–Crippen LogP) is 0.857. The van der Waals surface area contributed by atoms with Crippen LogP contribution in [0.4, 0.5) is 0 Å². The lowest BCUT2D eigenvalue weighted by Crippen LogP contribution is -2.57. The van der Waals surface area contributed by atoms with Gasteiger partial charge in [0.05, 0.1) is 0 Å². The number of likely N-dealkylation sites (tertiary alicyclic amines) is 1. The number of rotatable bonds is 1. The number of piperidine rings is 1. The second-order valence-corrected chi connectivity index (χ2v) is 5.27. The van der Waals surface area contributed by atoms with Crippen molar-refractivity contribution in [3.05, 3.63) is 0 Å². The maximum Gasteiger partial charge on any atom is 0.259 e. The summed E-state index contributed by atoms with van der Waals surface area (Å²) in [5.41, 5.74) is 0. The van der Waals surface area contributed by atoms with E-state index < -0.39 is 0 Å². The topological polar surface area (TPSA) is 43.9 Å². The van der Waals surface area contributed by atoms with E-state index in [2.05, 4.69) is 0 Å². The summed E-state index contributed by atoms with van der Waals surface area (Å²) in [6.07, 6.45) is 5.06. The average molecular weight is 253 g/mol. The molecule has 18 heavy (non-hydrogen) atoms. The molecule has 0 saturated carbocycles. The molecule has 2 heterocycles. The molecule has 2 aliphatic rings. The van der Waals surface area contributed by atoms with E-state index in [-0.39, 0.29) is 17.9 Å². The summed E-state index contributed by atoms with van der Waals surface area (Å²) in [4.78, 5) is 25.9. The standard InChI is InChI=1S/C13H23N3O2/c1-11(17)15-9-4-3-7-12(15)13(18)16-10-6-5-8-14(16)2/h12H,3-10H2,1-2H3. The monoisotopic (exact) mass is 253 g/mol. The van der Waals surface area contributed by atoms with E-state index >= 15 is 0 Å². The van der Waals surface area contributed by atoms with E-state index in [0.717, 1.165) is 51.7 Å². The summed E-state index contributed by atoms with van der Waals surface area (Å²) in [5, 5.41) is 3.83. The molecule has 2 aliphatic heterocycles. The highest BCUT2D eigenvalue weighted by molar-refractivity contribution is 5.86. The third-order valence-electron chi connectivity index (χ3n) is 3.96. The minimum atomic E-state index is -0.239. The molecule has 5 heteroatoms. The van der Waals surface area contributed by atoms with Gasteiger partial charge in [0, 0.05) is 33.6 Å². The molecule has 2 amide bonds. The largest absolute Gasteiger partial charge is 0.331 e. The first-order valence-corrected chi connectivity index (χ1v) is 6.91. The lowest BCUT2D eigenvalue weighted by atomic mass is 10.0. The lowest BCUT2D eigenvalue weighted by molar-refractivity contribution is -0.161. The molecule has 0 N–H and O–H groups in total. The Morgan fingerprint density at radius 3 is 2.33 bits per heavy atom. The van der Waals surface area contributed by atoms with Crippen LogP contribution in [0.2, 0.25) is 0 Å². The third-order valence-corrected chi connectivity index (χ3v) is 3.96. The number of nitrogens with zero attached hydrogens (tertiary/aromatic N) is 3. The number of hydrogen-bond acceptors (Lipinski definition) is 3. The molecule has 0 spiro atoms. The predicted molar refractivity (Wildman–Crippen MR) is 68.6 cm³/mol. The molecule has 0 radical (unpaired) electrons. The van der Waals surface area contributed by atoms with Crippen molar-refractivity contribution in [2.75, 3.05) is 26.7 Å². The summed E-state index contributed by atoms with van der Waals surface area (Å²) in [6.45, 7) is 4.00. The molecule has 0 bridgehead atoms. The average Bonchev–Trinajstić information content (AvgIpc) is 2.38. The molecule has 102 valence electrons. The molecule has 0 aromatic carbocycles. The summed E-state index contributed by atoms with van der Waals surface area (Å²) in [6, 6.07) is -0.239. The van der Waals surface area contributed by atoms with Gasteiger partial charge in [-0.25, -0.2) is 5.01 Å². The Kier molecular flexibility index (Phi) is 4.22. The zero-order chi connectivity index (χ0) is 13.1. The SMILES string of the molecule is CC(=O)N1CCCCC1C(=O)N1CCCCN1C. The van der Waals surface area contributed by atoms with Crippen LogP contribution in [0.5, 0.6) is 0 Å². The highest BCUT2D eigenvalue weighted by Gasteiger charge is 2.35. The Morgan fingerprint density at radius 1 is 1.00 bits per heavy atom. The Morgan fingerprint density at radius 2 is 1.67 bits per heavy atom. The number of carbonyl (C=O) groups is 2. The molecule has 2 saturated heterocycles. The number of amides is 2. The smallest absolute Gasteiger partial charge is 0.259 e. The van der Waals surface area contributed by atoms with E-state index in [9.17, 15) is 9.59 Å². The van der Waals surface area contributed by atoms with Gasteiger partial charge >= 0.3 is 0 Å². The van der Waals surface area contributed by atoms with Crippen molar-refractivity contribution in [3.8, 4) is 0 Å². The van der Waals surface area contributed by atoms with Crippen LogP contribution in [0.25, 0.3) is 0 Å². The second-order valence-electron chi connectivity index (χ2n) is 5.27. The van der Waals surface area contributed by atoms with Gasteiger partial charge in [-0.15, -0.1) is 0 Å². The third kappa shape index (κ3) is 2.66. The van der Waals surface area contributed by atoms with Crippen LogP contribution >= 0.6 is 0 Å². The Bertz CT molecular complexity index is 332. The van der Waals surface area contributed by atoms with Gasteiger partial charge in [-0.3, -0.25) is 14.6 Å². The van der Waals surface area contributed by atoms with Crippen LogP contribution < -0.4 is 0 Å². The van der Waals surface area contributed by atoms with Crippen LogP contribution in [-0.4, -0.2) is 59.5 Å². The molecule has 5 nitrogen and oxygen atoms in total. The summed E-state index contributed by atoms with van der Waals surface area (Å²) >= 11 is 0. The van der Waals surface area contributed by atoms with Crippen LogP contribution in [0.15, 0.2) is 0 Å². The highest BCUT2D eigenvalue weighted by Crippen LogP contribution is 2.21. The van der Waals surface area contributed by atoms with Gasteiger partial charge in [0.1, 0.15) is 6.04 Å². The van der Waals surface area contributed by atoms with Gasteiger partial charge in [-0.05, 0) is 32.1 Å². The minimum Gasteiger partial charge on any atom is -0.331 e. The van der Waals surface area contributed by atoms with Gasteiger partial charge in [0.25, 0.3) is 5.91 Å². The van der Waals surface area contributed by atoms with Crippen LogP contribution in [0, 0.1) is 0 Å². The molecular weight excluding hydrogens is 230 g/mol. The fraction of sp³-hybridized carbons (Fsp3) is 0.846. The van der Waals surface area contributed by atoms with Crippen molar-refractivity contribution >= 4 is 11.8 Å². The van der Waals surface area contributed by atoms with Crippen LogP contribution in [0.3, 0.4) is 0 Å². The first kappa shape index (κ1) is 13.3. The quantitative estimate of drug-likeness (QED) is 0.696. The first-order valence-electron chi connectivity index (χ1n) is 6.91. The van der Waals surface area contributed by atoms with Crippen molar-refractivity contribution in [1.29, 1.82) is 0 Å².